The molecule has 1 rings (SSSR count). The molecule has 1 aromatic rings. The fourth-order valence-electron chi connectivity index (χ4n) is 1.11. The van der Waals surface area contributed by atoms with Gasteiger partial charge < -0.3 is 10.4 Å². The summed E-state index contributed by atoms with van der Waals surface area (Å²) in [4.78, 5) is 21.9. The second-order valence-corrected chi connectivity index (χ2v) is 4.03. The lowest BCUT2D eigenvalue weighted by Gasteiger charge is -2.09. The van der Waals surface area contributed by atoms with Gasteiger partial charge in [0.2, 0.25) is 5.91 Å². The number of carboxylic acid groups (broad SMARTS) is 1. The third kappa shape index (κ3) is 4.31. The summed E-state index contributed by atoms with van der Waals surface area (Å²) in [6, 6.07) is 2.94. The van der Waals surface area contributed by atoms with Crippen LogP contribution in [0.1, 0.15) is 6.92 Å². The highest BCUT2D eigenvalue weighted by atomic mass is 35.5. The van der Waals surface area contributed by atoms with Crippen molar-refractivity contribution in [3.63, 3.8) is 0 Å². The van der Waals surface area contributed by atoms with E-state index in [2.05, 4.69) is 10.6 Å². The molecule has 0 saturated carbocycles. The Bertz CT molecular complexity index is 468. The van der Waals surface area contributed by atoms with Crippen molar-refractivity contribution in [1.29, 1.82) is 0 Å². The molecule has 0 unspecified atom stereocenters. The minimum absolute atomic E-state index is 0.0975. The Kier molecular flexibility index (Phi) is 5.06. The van der Waals surface area contributed by atoms with E-state index in [-0.39, 0.29) is 11.6 Å². The van der Waals surface area contributed by atoms with Crippen molar-refractivity contribution >= 4 is 29.2 Å². The summed E-state index contributed by atoms with van der Waals surface area (Å²) in [5, 5.41) is 13.5. The van der Waals surface area contributed by atoms with E-state index >= 15 is 0 Å². The number of benzene rings is 1. The van der Waals surface area contributed by atoms with Crippen LogP contribution in [0.25, 0.3) is 0 Å². The lowest BCUT2D eigenvalue weighted by molar-refractivity contribution is -0.139. The molecule has 0 bridgehead atoms. The van der Waals surface area contributed by atoms with Gasteiger partial charge in [-0.25, -0.2) is 4.39 Å². The van der Waals surface area contributed by atoms with E-state index in [1.807, 2.05) is 0 Å². The van der Waals surface area contributed by atoms with E-state index in [1.54, 1.807) is 0 Å². The molecule has 0 aliphatic heterocycles. The molecule has 7 heteroatoms. The van der Waals surface area contributed by atoms with Crippen LogP contribution in [0.5, 0.6) is 0 Å². The number of hydrogen-bond acceptors (Lipinski definition) is 3. The molecule has 0 saturated heterocycles. The Labute approximate surface area is 108 Å². The predicted octanol–water partition coefficient (Wildman–Crippen LogP) is 1.48. The molecule has 1 amide bonds. The van der Waals surface area contributed by atoms with Crippen molar-refractivity contribution in [3.05, 3.63) is 29.0 Å². The van der Waals surface area contributed by atoms with E-state index in [4.69, 9.17) is 16.7 Å². The van der Waals surface area contributed by atoms with Gasteiger partial charge >= 0.3 is 5.97 Å². The van der Waals surface area contributed by atoms with Gasteiger partial charge in [0.25, 0.3) is 0 Å². The van der Waals surface area contributed by atoms with Crippen LogP contribution in [-0.2, 0) is 9.59 Å². The number of aliphatic carboxylic acids is 1. The number of carbonyl (C=O) groups is 2. The van der Waals surface area contributed by atoms with Gasteiger partial charge in [0.05, 0.1) is 11.6 Å². The summed E-state index contributed by atoms with van der Waals surface area (Å²) in [6.45, 7) is 1.26. The molecule has 0 aliphatic rings. The lowest BCUT2D eigenvalue weighted by atomic mass is 10.3. The summed E-state index contributed by atoms with van der Waals surface area (Å²) in [5.74, 6) is -2.06. The number of anilines is 1. The zero-order valence-corrected chi connectivity index (χ0v) is 10.3. The molecule has 3 N–H and O–H groups in total. The van der Waals surface area contributed by atoms with Gasteiger partial charge in [0.15, 0.2) is 0 Å². The first-order valence-electron chi connectivity index (χ1n) is 5.11. The van der Waals surface area contributed by atoms with Crippen LogP contribution in [0.3, 0.4) is 0 Å². The Morgan fingerprint density at radius 1 is 1.50 bits per heavy atom. The minimum atomic E-state index is -1.05. The van der Waals surface area contributed by atoms with E-state index in [0.717, 1.165) is 6.07 Å². The topological polar surface area (TPSA) is 78.4 Å². The number of carboxylic acids is 1. The summed E-state index contributed by atoms with van der Waals surface area (Å²) < 4.78 is 12.9. The van der Waals surface area contributed by atoms with Crippen molar-refractivity contribution in [2.45, 2.75) is 13.0 Å². The molecule has 0 aliphatic carbocycles. The Morgan fingerprint density at radius 3 is 2.72 bits per heavy atom. The van der Waals surface area contributed by atoms with E-state index in [0.29, 0.717) is 5.69 Å². The maximum atomic E-state index is 12.9. The van der Waals surface area contributed by atoms with Gasteiger partial charge in [-0.3, -0.25) is 14.9 Å². The van der Waals surface area contributed by atoms with E-state index in [1.165, 1.54) is 19.1 Å². The van der Waals surface area contributed by atoms with Gasteiger partial charge in [0, 0.05) is 5.69 Å². The third-order valence-corrected chi connectivity index (χ3v) is 2.43. The van der Waals surface area contributed by atoms with Crippen LogP contribution in [0.4, 0.5) is 10.1 Å². The van der Waals surface area contributed by atoms with Crippen LogP contribution in [0.2, 0.25) is 5.02 Å². The van der Waals surface area contributed by atoms with Crippen LogP contribution in [-0.4, -0.2) is 29.6 Å². The Morgan fingerprint density at radius 2 is 2.17 bits per heavy atom. The smallest absolute Gasteiger partial charge is 0.320 e. The van der Waals surface area contributed by atoms with E-state index < -0.39 is 23.7 Å². The normalized spacial score (nSPS) is 11.9. The van der Waals surface area contributed by atoms with Crippen LogP contribution < -0.4 is 10.6 Å². The molecule has 0 aromatic heterocycles. The molecule has 98 valence electrons. The molecular weight excluding hydrogens is 263 g/mol. The lowest BCUT2D eigenvalue weighted by Crippen LogP contribution is -2.39. The average Bonchev–Trinajstić information content (AvgIpc) is 2.30. The Hall–Kier alpha value is -1.66. The van der Waals surface area contributed by atoms with E-state index in [9.17, 15) is 14.0 Å². The van der Waals surface area contributed by atoms with Crippen molar-refractivity contribution in [1.82, 2.24) is 5.32 Å². The second kappa shape index (κ2) is 6.32. The molecule has 5 nitrogen and oxygen atoms in total. The van der Waals surface area contributed by atoms with Gasteiger partial charge in [-0.2, -0.15) is 0 Å². The van der Waals surface area contributed by atoms with Crippen molar-refractivity contribution < 1.29 is 19.1 Å². The number of halogens is 2. The SMILES string of the molecule is C[C@@H](NCC(=O)Nc1ccc(F)c(Cl)c1)C(=O)O. The minimum Gasteiger partial charge on any atom is -0.480 e. The highest BCUT2D eigenvalue weighted by Gasteiger charge is 2.12. The van der Waals surface area contributed by atoms with Gasteiger partial charge in [0.1, 0.15) is 11.9 Å². The fraction of sp³-hybridized carbons (Fsp3) is 0.273. The summed E-state index contributed by atoms with van der Waals surface area (Å²) in [5.41, 5.74) is 0.344. The molecule has 0 heterocycles. The summed E-state index contributed by atoms with van der Waals surface area (Å²) >= 11 is 5.55. The van der Waals surface area contributed by atoms with Crippen LogP contribution >= 0.6 is 11.6 Å². The zero-order chi connectivity index (χ0) is 13.7. The van der Waals surface area contributed by atoms with Gasteiger partial charge in [-0.05, 0) is 25.1 Å². The number of carbonyl (C=O) groups excluding carboxylic acids is 1. The number of nitrogens with one attached hydrogen (secondary N) is 2. The number of rotatable bonds is 5. The van der Waals surface area contributed by atoms with Crippen molar-refractivity contribution in [3.8, 4) is 0 Å². The maximum absolute atomic E-state index is 12.9. The van der Waals surface area contributed by atoms with Crippen molar-refractivity contribution in [2.75, 3.05) is 11.9 Å². The largest absolute Gasteiger partial charge is 0.480 e. The molecule has 1 aromatic carbocycles. The standard InChI is InChI=1S/C11H12ClFN2O3/c1-6(11(17)18)14-5-10(16)15-7-2-3-9(13)8(12)4-7/h2-4,6,14H,5H2,1H3,(H,15,16)(H,17,18)/t6-/m1/s1. The van der Waals surface area contributed by atoms with Crippen molar-refractivity contribution in [2.24, 2.45) is 0 Å². The quantitative estimate of drug-likeness (QED) is 0.760. The Balaban J connectivity index is 2.49. The highest BCUT2D eigenvalue weighted by molar-refractivity contribution is 6.31. The predicted molar refractivity (Wildman–Crippen MR) is 65.1 cm³/mol. The average molecular weight is 275 g/mol. The molecule has 0 radical (unpaired) electrons. The maximum Gasteiger partial charge on any atom is 0.320 e. The fourth-order valence-corrected chi connectivity index (χ4v) is 1.29. The summed E-state index contributed by atoms with van der Waals surface area (Å²) in [7, 11) is 0. The number of amides is 1. The second-order valence-electron chi connectivity index (χ2n) is 3.62. The highest BCUT2D eigenvalue weighted by Crippen LogP contribution is 2.19. The third-order valence-electron chi connectivity index (χ3n) is 2.14. The monoisotopic (exact) mass is 274 g/mol. The molecule has 1 atom stereocenters. The molecule has 0 fully saturated rings. The first kappa shape index (κ1) is 14.4. The first-order chi connectivity index (χ1) is 8.40. The van der Waals surface area contributed by atoms with Gasteiger partial charge in [-0.1, -0.05) is 11.6 Å². The first-order valence-corrected chi connectivity index (χ1v) is 5.49. The van der Waals surface area contributed by atoms with Crippen LogP contribution in [0.15, 0.2) is 18.2 Å². The number of hydrogen-bond donors (Lipinski definition) is 3. The molecule has 0 spiro atoms. The van der Waals surface area contributed by atoms with Gasteiger partial charge in [-0.15, -0.1) is 0 Å². The van der Waals surface area contributed by atoms with Crippen LogP contribution in [0, 0.1) is 5.82 Å². The molecular formula is C11H12ClFN2O3. The summed E-state index contributed by atoms with van der Waals surface area (Å²) in [6.07, 6.45) is 0. The molecule has 18 heavy (non-hydrogen) atoms. The zero-order valence-electron chi connectivity index (χ0n) is 9.54.